The molecule has 1 amide bonds. The average Bonchev–Trinajstić information content (AvgIpc) is 3.11. The molecule has 0 unspecified atom stereocenters. The van der Waals surface area contributed by atoms with Gasteiger partial charge < -0.3 is 5.32 Å². The van der Waals surface area contributed by atoms with E-state index in [-0.39, 0.29) is 11.7 Å². The Morgan fingerprint density at radius 3 is 2.77 bits per heavy atom. The fraction of sp³-hybridized carbons (Fsp3) is 0.474. The molecular weight excluding hydrogens is 351 g/mol. The molecule has 1 fully saturated rings. The molecule has 1 atom stereocenters. The Kier molecular flexibility index (Phi) is 5.98. The highest BCUT2D eigenvalue weighted by Gasteiger charge is 2.41. The molecule has 2 aromatic rings. The monoisotopic (exact) mass is 376 g/mol. The SMILES string of the molecule is CN(C)[C@@]1(C(=O)NCCc2ccn(-c3ccc(F)cc3)n2)CCCSC1. The summed E-state index contributed by atoms with van der Waals surface area (Å²) in [6.45, 7) is 0.555. The molecule has 26 heavy (non-hydrogen) atoms. The first-order chi connectivity index (χ1) is 12.5. The third-order valence-electron chi connectivity index (χ3n) is 4.90. The third-order valence-corrected chi connectivity index (χ3v) is 6.16. The average molecular weight is 377 g/mol. The third kappa shape index (κ3) is 4.10. The van der Waals surface area contributed by atoms with Gasteiger partial charge in [0.25, 0.3) is 0 Å². The minimum absolute atomic E-state index is 0.104. The van der Waals surface area contributed by atoms with E-state index in [1.807, 2.05) is 38.1 Å². The van der Waals surface area contributed by atoms with Gasteiger partial charge in [0.2, 0.25) is 5.91 Å². The Bertz CT molecular complexity index is 738. The van der Waals surface area contributed by atoms with Crippen LogP contribution in [0.5, 0.6) is 0 Å². The van der Waals surface area contributed by atoms with Crippen LogP contribution in [0.2, 0.25) is 0 Å². The Hall–Kier alpha value is -1.86. The molecule has 1 aliphatic heterocycles. The first kappa shape index (κ1) is 18.9. The number of nitrogens with zero attached hydrogens (tertiary/aromatic N) is 3. The zero-order valence-electron chi connectivity index (χ0n) is 15.2. The van der Waals surface area contributed by atoms with Crippen molar-refractivity contribution in [2.45, 2.75) is 24.8 Å². The molecule has 0 aliphatic carbocycles. The Balaban J connectivity index is 1.56. The molecule has 3 rings (SSSR count). The minimum atomic E-state index is -0.406. The summed E-state index contributed by atoms with van der Waals surface area (Å²) in [4.78, 5) is 14.8. The molecule has 0 saturated carbocycles. The molecule has 1 aromatic heterocycles. The van der Waals surface area contributed by atoms with Crippen molar-refractivity contribution in [2.75, 3.05) is 32.1 Å². The highest BCUT2D eigenvalue weighted by atomic mass is 32.2. The summed E-state index contributed by atoms with van der Waals surface area (Å²) in [5, 5.41) is 7.59. The molecule has 0 spiro atoms. The second kappa shape index (κ2) is 8.22. The predicted octanol–water partition coefficient (Wildman–Crippen LogP) is 2.50. The van der Waals surface area contributed by atoms with E-state index in [2.05, 4.69) is 15.3 Å². The topological polar surface area (TPSA) is 50.2 Å². The van der Waals surface area contributed by atoms with Crippen molar-refractivity contribution >= 4 is 17.7 Å². The van der Waals surface area contributed by atoms with Crippen LogP contribution in [0.1, 0.15) is 18.5 Å². The van der Waals surface area contributed by atoms with E-state index in [0.29, 0.717) is 13.0 Å². The van der Waals surface area contributed by atoms with Gasteiger partial charge in [-0.15, -0.1) is 0 Å². The number of hydrogen-bond donors (Lipinski definition) is 1. The molecule has 0 bridgehead atoms. The Morgan fingerprint density at radius 1 is 1.35 bits per heavy atom. The number of carbonyl (C=O) groups is 1. The van der Waals surface area contributed by atoms with Gasteiger partial charge in [0.05, 0.1) is 11.4 Å². The zero-order valence-corrected chi connectivity index (χ0v) is 16.1. The molecule has 2 heterocycles. The van der Waals surface area contributed by atoms with Crippen LogP contribution in [0.25, 0.3) is 5.69 Å². The van der Waals surface area contributed by atoms with E-state index in [9.17, 15) is 9.18 Å². The van der Waals surface area contributed by atoms with E-state index >= 15 is 0 Å². The maximum atomic E-state index is 13.0. The molecule has 0 radical (unpaired) electrons. The normalized spacial score (nSPS) is 20.3. The van der Waals surface area contributed by atoms with Crippen molar-refractivity contribution in [1.29, 1.82) is 0 Å². The lowest BCUT2D eigenvalue weighted by Crippen LogP contribution is -2.59. The molecule has 1 N–H and O–H groups in total. The summed E-state index contributed by atoms with van der Waals surface area (Å²) >= 11 is 1.85. The molecular formula is C19H25FN4OS. The minimum Gasteiger partial charge on any atom is -0.354 e. The standard InChI is InChI=1S/C19H25FN4OS/c1-23(2)19(10-3-13-26-14-19)18(25)21-11-8-16-9-12-24(22-16)17-6-4-15(20)5-7-17/h4-7,9,12H,3,8,10-11,13-14H2,1-2H3,(H,21,25)/t19-/m0/s1. The molecule has 1 aliphatic rings. The van der Waals surface area contributed by atoms with E-state index in [1.165, 1.54) is 12.1 Å². The van der Waals surface area contributed by atoms with Crippen LogP contribution in [0.15, 0.2) is 36.5 Å². The maximum absolute atomic E-state index is 13.0. The molecule has 1 aromatic carbocycles. The number of halogens is 1. The fourth-order valence-electron chi connectivity index (χ4n) is 3.22. The summed E-state index contributed by atoms with van der Waals surface area (Å²) in [6.07, 6.45) is 4.48. The van der Waals surface area contributed by atoms with Gasteiger partial charge in [-0.05, 0) is 63.0 Å². The van der Waals surface area contributed by atoms with Gasteiger partial charge in [-0.25, -0.2) is 9.07 Å². The second-order valence-electron chi connectivity index (χ2n) is 6.82. The lowest BCUT2D eigenvalue weighted by molar-refractivity contribution is -0.131. The van der Waals surface area contributed by atoms with Crippen molar-refractivity contribution in [3.05, 3.63) is 48.0 Å². The summed E-state index contributed by atoms with van der Waals surface area (Å²) in [5.74, 6) is 1.81. The number of carbonyl (C=O) groups excluding carboxylic acids is 1. The Morgan fingerprint density at radius 2 is 2.12 bits per heavy atom. The van der Waals surface area contributed by atoms with Crippen LogP contribution in [0, 0.1) is 5.82 Å². The molecule has 7 heteroatoms. The molecule has 5 nitrogen and oxygen atoms in total. The first-order valence-electron chi connectivity index (χ1n) is 8.85. The van der Waals surface area contributed by atoms with Crippen molar-refractivity contribution in [1.82, 2.24) is 20.0 Å². The van der Waals surface area contributed by atoms with Gasteiger partial charge >= 0.3 is 0 Å². The van der Waals surface area contributed by atoms with E-state index in [1.54, 1.807) is 16.8 Å². The zero-order chi connectivity index (χ0) is 18.6. The number of rotatable bonds is 6. The lowest BCUT2D eigenvalue weighted by Gasteiger charge is -2.40. The number of aromatic nitrogens is 2. The highest BCUT2D eigenvalue weighted by Crippen LogP contribution is 2.30. The smallest absolute Gasteiger partial charge is 0.241 e. The number of likely N-dealkylation sites (N-methyl/N-ethyl adjacent to an activating group) is 1. The van der Waals surface area contributed by atoms with Gasteiger partial charge in [-0.1, -0.05) is 0 Å². The number of nitrogens with one attached hydrogen (secondary N) is 1. The van der Waals surface area contributed by atoms with Crippen LogP contribution >= 0.6 is 11.8 Å². The number of benzene rings is 1. The second-order valence-corrected chi connectivity index (χ2v) is 7.92. The van der Waals surface area contributed by atoms with Crippen molar-refractivity contribution in [2.24, 2.45) is 0 Å². The van der Waals surface area contributed by atoms with Gasteiger partial charge in [0, 0.05) is 24.9 Å². The summed E-state index contributed by atoms with van der Waals surface area (Å²) < 4.78 is 14.7. The lowest BCUT2D eigenvalue weighted by atomic mass is 9.92. The summed E-state index contributed by atoms with van der Waals surface area (Å²) in [6, 6.07) is 8.14. The van der Waals surface area contributed by atoms with Crippen LogP contribution in [-0.2, 0) is 11.2 Å². The predicted molar refractivity (Wildman–Crippen MR) is 103 cm³/mol. The first-order valence-corrected chi connectivity index (χ1v) is 10.0. The molecule has 140 valence electrons. The van der Waals surface area contributed by atoms with Crippen molar-refractivity contribution in [3.8, 4) is 5.69 Å². The van der Waals surface area contributed by atoms with Crippen molar-refractivity contribution < 1.29 is 9.18 Å². The van der Waals surface area contributed by atoms with Gasteiger partial charge in [-0.2, -0.15) is 16.9 Å². The highest BCUT2D eigenvalue weighted by molar-refractivity contribution is 7.99. The van der Waals surface area contributed by atoms with Gasteiger partial charge in [0.15, 0.2) is 0 Å². The number of thioether (sulfide) groups is 1. The van der Waals surface area contributed by atoms with Crippen LogP contribution in [0.3, 0.4) is 0 Å². The Labute approximate surface area is 157 Å². The van der Waals surface area contributed by atoms with Crippen LogP contribution < -0.4 is 5.32 Å². The van der Waals surface area contributed by atoms with Crippen LogP contribution in [0.4, 0.5) is 4.39 Å². The number of hydrogen-bond acceptors (Lipinski definition) is 4. The van der Waals surface area contributed by atoms with E-state index in [0.717, 1.165) is 35.7 Å². The van der Waals surface area contributed by atoms with E-state index < -0.39 is 5.54 Å². The largest absolute Gasteiger partial charge is 0.354 e. The fourth-order valence-corrected chi connectivity index (χ4v) is 4.58. The van der Waals surface area contributed by atoms with Gasteiger partial charge in [0.1, 0.15) is 11.4 Å². The van der Waals surface area contributed by atoms with Crippen molar-refractivity contribution in [3.63, 3.8) is 0 Å². The number of amides is 1. The van der Waals surface area contributed by atoms with Crippen LogP contribution in [-0.4, -0.2) is 58.3 Å². The van der Waals surface area contributed by atoms with E-state index in [4.69, 9.17) is 0 Å². The quantitative estimate of drug-likeness (QED) is 0.842. The summed E-state index contributed by atoms with van der Waals surface area (Å²) in [7, 11) is 3.96. The summed E-state index contributed by atoms with van der Waals surface area (Å²) in [5.41, 5.74) is 1.30. The van der Waals surface area contributed by atoms with Gasteiger partial charge in [-0.3, -0.25) is 9.69 Å². The molecule has 1 saturated heterocycles. The maximum Gasteiger partial charge on any atom is 0.241 e.